The van der Waals surface area contributed by atoms with E-state index in [0.29, 0.717) is 11.6 Å². The van der Waals surface area contributed by atoms with Gasteiger partial charge in [-0.2, -0.15) is 4.98 Å². The number of hydrogen-bond acceptors (Lipinski definition) is 4. The fourth-order valence-electron chi connectivity index (χ4n) is 1.49. The molecule has 0 unspecified atom stereocenters. The van der Waals surface area contributed by atoms with Gasteiger partial charge in [-0.3, -0.25) is 0 Å². The Morgan fingerprint density at radius 1 is 1.39 bits per heavy atom. The smallest absolute Gasteiger partial charge is 0.239 e. The molecular formula is C14H25N3O. The molecule has 0 saturated carbocycles. The average Bonchev–Trinajstić information content (AvgIpc) is 2.30. The van der Waals surface area contributed by atoms with Crippen molar-refractivity contribution in [2.75, 3.05) is 17.7 Å². The van der Waals surface area contributed by atoms with Crippen molar-refractivity contribution < 1.29 is 4.74 Å². The number of anilines is 2. The molecule has 0 aliphatic heterocycles. The predicted molar refractivity (Wildman–Crippen MR) is 77.2 cm³/mol. The first kappa shape index (κ1) is 14.6. The highest BCUT2D eigenvalue weighted by Gasteiger charge is 2.23. The highest BCUT2D eigenvalue weighted by Crippen LogP contribution is 2.28. The van der Waals surface area contributed by atoms with Crippen LogP contribution < -0.4 is 15.4 Å². The molecule has 0 aromatic carbocycles. The van der Waals surface area contributed by atoms with Gasteiger partial charge >= 0.3 is 0 Å². The van der Waals surface area contributed by atoms with E-state index in [-0.39, 0.29) is 11.6 Å². The molecule has 0 amide bonds. The SMILES string of the molecule is CCC(C)(C)N(C)c1ccc(N)c(OC(C)C)n1. The van der Waals surface area contributed by atoms with Crippen molar-refractivity contribution in [2.45, 2.75) is 52.7 Å². The molecule has 1 aromatic heterocycles. The highest BCUT2D eigenvalue weighted by molar-refractivity contribution is 5.55. The maximum absolute atomic E-state index is 5.87. The molecule has 0 fully saturated rings. The zero-order chi connectivity index (χ0) is 13.9. The summed E-state index contributed by atoms with van der Waals surface area (Å²) in [6.07, 6.45) is 1.11. The minimum Gasteiger partial charge on any atom is -0.473 e. The summed E-state index contributed by atoms with van der Waals surface area (Å²) < 4.78 is 5.62. The Kier molecular flexibility index (Phi) is 4.43. The molecule has 0 aliphatic rings. The lowest BCUT2D eigenvalue weighted by molar-refractivity contribution is 0.234. The molecule has 102 valence electrons. The van der Waals surface area contributed by atoms with Gasteiger partial charge in [0, 0.05) is 12.6 Å². The quantitative estimate of drug-likeness (QED) is 0.873. The van der Waals surface area contributed by atoms with Crippen molar-refractivity contribution in [1.29, 1.82) is 0 Å². The van der Waals surface area contributed by atoms with Gasteiger partial charge in [0.2, 0.25) is 5.88 Å². The number of pyridine rings is 1. The third kappa shape index (κ3) is 3.28. The molecule has 4 nitrogen and oxygen atoms in total. The number of rotatable bonds is 5. The molecule has 4 heteroatoms. The van der Waals surface area contributed by atoms with Gasteiger partial charge in [0.15, 0.2) is 0 Å². The van der Waals surface area contributed by atoms with Crippen LogP contribution in [0.25, 0.3) is 0 Å². The van der Waals surface area contributed by atoms with Crippen molar-refractivity contribution in [2.24, 2.45) is 0 Å². The van der Waals surface area contributed by atoms with Crippen molar-refractivity contribution >= 4 is 11.5 Å². The Morgan fingerprint density at radius 3 is 2.50 bits per heavy atom. The lowest BCUT2D eigenvalue weighted by atomic mass is 10.00. The molecule has 0 radical (unpaired) electrons. The first-order chi connectivity index (χ1) is 8.27. The average molecular weight is 251 g/mol. The molecule has 0 aliphatic carbocycles. The fraction of sp³-hybridized carbons (Fsp3) is 0.643. The van der Waals surface area contributed by atoms with Gasteiger partial charge in [0.05, 0.1) is 11.8 Å². The molecule has 1 aromatic rings. The van der Waals surface area contributed by atoms with Crippen LogP contribution in [0.5, 0.6) is 5.88 Å². The summed E-state index contributed by atoms with van der Waals surface area (Å²) >= 11 is 0. The second-order valence-electron chi connectivity index (χ2n) is 5.46. The van der Waals surface area contributed by atoms with Gasteiger partial charge in [-0.15, -0.1) is 0 Å². The molecule has 18 heavy (non-hydrogen) atoms. The number of aromatic nitrogens is 1. The lowest BCUT2D eigenvalue weighted by Gasteiger charge is -2.36. The Bertz CT molecular complexity index is 402. The zero-order valence-corrected chi connectivity index (χ0v) is 12.3. The van der Waals surface area contributed by atoms with Crippen LogP contribution in [0.3, 0.4) is 0 Å². The summed E-state index contributed by atoms with van der Waals surface area (Å²) in [7, 11) is 2.04. The highest BCUT2D eigenvalue weighted by atomic mass is 16.5. The van der Waals surface area contributed by atoms with E-state index < -0.39 is 0 Å². The van der Waals surface area contributed by atoms with Crippen molar-refractivity contribution in [3.63, 3.8) is 0 Å². The van der Waals surface area contributed by atoms with Crippen LogP contribution in [0.1, 0.15) is 41.0 Å². The zero-order valence-electron chi connectivity index (χ0n) is 12.3. The predicted octanol–water partition coefficient (Wildman–Crippen LogP) is 3.08. The van der Waals surface area contributed by atoms with E-state index in [2.05, 4.69) is 30.7 Å². The van der Waals surface area contributed by atoms with Gasteiger partial charge in [-0.25, -0.2) is 0 Å². The largest absolute Gasteiger partial charge is 0.473 e. The fourth-order valence-corrected chi connectivity index (χ4v) is 1.49. The summed E-state index contributed by atoms with van der Waals surface area (Å²) in [5.41, 5.74) is 6.51. The number of nitrogen functional groups attached to an aromatic ring is 1. The van der Waals surface area contributed by atoms with Crippen molar-refractivity contribution in [3.8, 4) is 5.88 Å². The lowest BCUT2D eigenvalue weighted by Crippen LogP contribution is -2.41. The summed E-state index contributed by atoms with van der Waals surface area (Å²) in [4.78, 5) is 6.66. The van der Waals surface area contributed by atoms with Crippen LogP contribution in [0, 0.1) is 0 Å². The molecule has 2 N–H and O–H groups in total. The third-order valence-corrected chi connectivity index (χ3v) is 3.34. The second kappa shape index (κ2) is 5.46. The molecular weight excluding hydrogens is 226 g/mol. The Morgan fingerprint density at radius 2 is 2.00 bits per heavy atom. The standard InChI is InChI=1S/C14H25N3O/c1-7-14(4,5)17(6)12-9-8-11(15)13(16-12)18-10(2)3/h8-10H,7,15H2,1-6H3. The van der Waals surface area contributed by atoms with E-state index in [1.165, 1.54) is 0 Å². The first-order valence-corrected chi connectivity index (χ1v) is 6.45. The Hall–Kier alpha value is -1.45. The van der Waals surface area contributed by atoms with Crippen LogP contribution in [-0.4, -0.2) is 23.7 Å². The topological polar surface area (TPSA) is 51.4 Å². The molecule has 0 atom stereocenters. The van der Waals surface area contributed by atoms with Crippen LogP contribution >= 0.6 is 0 Å². The van der Waals surface area contributed by atoms with Crippen LogP contribution in [-0.2, 0) is 0 Å². The van der Waals surface area contributed by atoms with Gasteiger partial charge < -0.3 is 15.4 Å². The van der Waals surface area contributed by atoms with E-state index in [0.717, 1.165) is 12.2 Å². The van der Waals surface area contributed by atoms with Gasteiger partial charge in [-0.05, 0) is 46.2 Å². The number of hydrogen-bond donors (Lipinski definition) is 1. The summed E-state index contributed by atoms with van der Waals surface area (Å²) in [6.45, 7) is 10.5. The number of ether oxygens (including phenoxy) is 1. The number of nitrogens with two attached hydrogens (primary N) is 1. The normalized spacial score (nSPS) is 11.7. The maximum Gasteiger partial charge on any atom is 0.239 e. The Balaban J connectivity index is 3.04. The van der Waals surface area contributed by atoms with Crippen molar-refractivity contribution in [1.82, 2.24) is 4.98 Å². The van der Waals surface area contributed by atoms with Crippen LogP contribution in [0.15, 0.2) is 12.1 Å². The van der Waals surface area contributed by atoms with E-state index >= 15 is 0 Å². The van der Waals surface area contributed by atoms with E-state index in [4.69, 9.17) is 10.5 Å². The van der Waals surface area contributed by atoms with Gasteiger partial charge in [0.1, 0.15) is 5.82 Å². The summed E-state index contributed by atoms with van der Waals surface area (Å²) in [5, 5.41) is 0. The minimum absolute atomic E-state index is 0.0538. The third-order valence-electron chi connectivity index (χ3n) is 3.34. The van der Waals surface area contributed by atoms with Crippen molar-refractivity contribution in [3.05, 3.63) is 12.1 Å². The maximum atomic E-state index is 5.87. The first-order valence-electron chi connectivity index (χ1n) is 6.45. The molecule has 1 heterocycles. The minimum atomic E-state index is 0.0538. The number of nitrogens with zero attached hydrogens (tertiary/aromatic N) is 2. The van der Waals surface area contributed by atoms with E-state index in [1.807, 2.05) is 33.0 Å². The Labute approximate surface area is 110 Å². The van der Waals surface area contributed by atoms with Crippen LogP contribution in [0.2, 0.25) is 0 Å². The summed E-state index contributed by atoms with van der Waals surface area (Å²) in [5.74, 6) is 1.40. The molecule has 0 saturated heterocycles. The summed E-state index contributed by atoms with van der Waals surface area (Å²) in [6, 6.07) is 3.78. The van der Waals surface area contributed by atoms with Gasteiger partial charge in [-0.1, -0.05) is 6.92 Å². The van der Waals surface area contributed by atoms with Gasteiger partial charge in [0.25, 0.3) is 0 Å². The van der Waals surface area contributed by atoms with E-state index in [1.54, 1.807) is 0 Å². The molecule has 0 bridgehead atoms. The van der Waals surface area contributed by atoms with E-state index in [9.17, 15) is 0 Å². The second-order valence-corrected chi connectivity index (χ2v) is 5.46. The molecule has 1 rings (SSSR count). The molecule has 0 spiro atoms. The van der Waals surface area contributed by atoms with Crippen LogP contribution in [0.4, 0.5) is 11.5 Å². The monoisotopic (exact) mass is 251 g/mol.